The molecule has 0 fully saturated rings. The fourth-order valence-electron chi connectivity index (χ4n) is 2.07. The lowest BCUT2D eigenvalue weighted by Crippen LogP contribution is -2.43. The highest BCUT2D eigenvalue weighted by molar-refractivity contribution is 4.64. The standard InChI is InChI=1S/C14H34N4/c1-3-17-14(18-4-2)10-13-16-12-9-7-5-6-8-11-15/h14,16-18H,3-13,15H2,1-2H3. The molecular weight excluding hydrogens is 224 g/mol. The van der Waals surface area contributed by atoms with Crippen molar-refractivity contribution in [1.29, 1.82) is 0 Å². The highest BCUT2D eigenvalue weighted by Gasteiger charge is 2.03. The van der Waals surface area contributed by atoms with Crippen molar-refractivity contribution in [2.45, 2.75) is 58.5 Å². The summed E-state index contributed by atoms with van der Waals surface area (Å²) in [7, 11) is 0. The minimum absolute atomic E-state index is 0.456. The predicted molar refractivity (Wildman–Crippen MR) is 80.8 cm³/mol. The van der Waals surface area contributed by atoms with E-state index in [4.69, 9.17) is 5.73 Å². The van der Waals surface area contributed by atoms with Crippen LogP contribution in [-0.4, -0.2) is 38.9 Å². The van der Waals surface area contributed by atoms with Crippen molar-refractivity contribution in [1.82, 2.24) is 16.0 Å². The Balaban J connectivity index is 3.21. The molecule has 5 N–H and O–H groups in total. The summed E-state index contributed by atoms with van der Waals surface area (Å²) in [6, 6.07) is 0. The Bertz CT molecular complexity index is 147. The van der Waals surface area contributed by atoms with Gasteiger partial charge in [0.05, 0.1) is 6.17 Å². The van der Waals surface area contributed by atoms with Crippen LogP contribution in [0.3, 0.4) is 0 Å². The van der Waals surface area contributed by atoms with Gasteiger partial charge in [-0.2, -0.15) is 0 Å². The van der Waals surface area contributed by atoms with Gasteiger partial charge in [0.15, 0.2) is 0 Å². The van der Waals surface area contributed by atoms with E-state index in [0.29, 0.717) is 6.17 Å². The molecule has 18 heavy (non-hydrogen) atoms. The molecule has 0 aromatic rings. The maximum absolute atomic E-state index is 5.46. The van der Waals surface area contributed by atoms with Crippen LogP contribution >= 0.6 is 0 Å². The molecule has 0 heterocycles. The fraction of sp³-hybridized carbons (Fsp3) is 1.00. The van der Waals surface area contributed by atoms with Crippen molar-refractivity contribution in [3.8, 4) is 0 Å². The lowest BCUT2D eigenvalue weighted by Gasteiger charge is -2.18. The van der Waals surface area contributed by atoms with Gasteiger partial charge in [0.25, 0.3) is 0 Å². The molecule has 0 aliphatic carbocycles. The summed E-state index contributed by atoms with van der Waals surface area (Å²) in [5, 5.41) is 10.4. The molecule has 4 nitrogen and oxygen atoms in total. The van der Waals surface area contributed by atoms with Crippen LogP contribution in [0.25, 0.3) is 0 Å². The lowest BCUT2D eigenvalue weighted by molar-refractivity contribution is 0.407. The quantitative estimate of drug-likeness (QED) is 0.281. The van der Waals surface area contributed by atoms with E-state index in [1.807, 2.05) is 0 Å². The number of unbranched alkanes of at least 4 members (excludes halogenated alkanes) is 4. The number of hydrogen-bond acceptors (Lipinski definition) is 4. The summed E-state index contributed by atoms with van der Waals surface area (Å²) in [5.74, 6) is 0. The summed E-state index contributed by atoms with van der Waals surface area (Å²) in [5.41, 5.74) is 5.46. The Morgan fingerprint density at radius 1 is 0.833 bits per heavy atom. The molecule has 0 aliphatic heterocycles. The second-order valence-electron chi connectivity index (χ2n) is 4.76. The van der Waals surface area contributed by atoms with Gasteiger partial charge in [-0.25, -0.2) is 0 Å². The average Bonchev–Trinajstić information content (AvgIpc) is 2.37. The molecule has 0 spiro atoms. The van der Waals surface area contributed by atoms with E-state index in [0.717, 1.165) is 39.1 Å². The number of nitrogens with two attached hydrogens (primary N) is 1. The van der Waals surface area contributed by atoms with Gasteiger partial charge < -0.3 is 21.7 Å². The molecule has 0 aromatic carbocycles. The Labute approximate surface area is 113 Å². The molecule has 0 rings (SSSR count). The van der Waals surface area contributed by atoms with E-state index in [2.05, 4.69) is 29.8 Å². The van der Waals surface area contributed by atoms with Gasteiger partial charge in [-0.1, -0.05) is 33.1 Å². The summed E-state index contributed by atoms with van der Waals surface area (Å²) >= 11 is 0. The molecular formula is C14H34N4. The zero-order valence-electron chi connectivity index (χ0n) is 12.4. The second-order valence-corrected chi connectivity index (χ2v) is 4.76. The molecule has 0 aromatic heterocycles. The van der Waals surface area contributed by atoms with Crippen LogP contribution in [-0.2, 0) is 0 Å². The van der Waals surface area contributed by atoms with Gasteiger partial charge in [0.1, 0.15) is 0 Å². The number of rotatable bonds is 14. The number of hydrogen-bond donors (Lipinski definition) is 4. The summed E-state index contributed by atoms with van der Waals surface area (Å²) in [6.45, 7) is 9.44. The van der Waals surface area contributed by atoms with Crippen LogP contribution in [0.15, 0.2) is 0 Å². The molecule has 0 bridgehead atoms. The molecule has 0 amide bonds. The van der Waals surface area contributed by atoms with Crippen molar-refractivity contribution >= 4 is 0 Å². The van der Waals surface area contributed by atoms with Crippen LogP contribution < -0.4 is 21.7 Å². The monoisotopic (exact) mass is 258 g/mol. The summed E-state index contributed by atoms with van der Waals surface area (Å²) in [4.78, 5) is 0. The highest BCUT2D eigenvalue weighted by Crippen LogP contribution is 2.01. The zero-order valence-corrected chi connectivity index (χ0v) is 12.4. The van der Waals surface area contributed by atoms with E-state index in [1.54, 1.807) is 0 Å². The number of nitrogens with one attached hydrogen (secondary N) is 3. The Morgan fingerprint density at radius 2 is 1.44 bits per heavy atom. The van der Waals surface area contributed by atoms with Gasteiger partial charge in [-0.05, 0) is 52.0 Å². The highest BCUT2D eigenvalue weighted by atomic mass is 15.1. The Morgan fingerprint density at radius 3 is 2.06 bits per heavy atom. The Hall–Kier alpha value is -0.160. The van der Waals surface area contributed by atoms with E-state index in [1.165, 1.54) is 32.1 Å². The summed E-state index contributed by atoms with van der Waals surface area (Å²) < 4.78 is 0. The minimum atomic E-state index is 0.456. The van der Waals surface area contributed by atoms with Crippen LogP contribution in [0.4, 0.5) is 0 Å². The molecule has 0 aliphatic rings. The van der Waals surface area contributed by atoms with Crippen molar-refractivity contribution in [2.24, 2.45) is 5.73 Å². The van der Waals surface area contributed by atoms with E-state index >= 15 is 0 Å². The van der Waals surface area contributed by atoms with Gasteiger partial charge in [0.2, 0.25) is 0 Å². The van der Waals surface area contributed by atoms with Crippen molar-refractivity contribution in [3.63, 3.8) is 0 Å². The molecule has 110 valence electrons. The van der Waals surface area contributed by atoms with Crippen molar-refractivity contribution < 1.29 is 0 Å². The first-order valence-electron chi connectivity index (χ1n) is 7.72. The molecule has 0 atom stereocenters. The van der Waals surface area contributed by atoms with E-state index in [9.17, 15) is 0 Å². The normalized spacial score (nSPS) is 11.3. The third-order valence-electron chi connectivity index (χ3n) is 3.07. The van der Waals surface area contributed by atoms with Crippen LogP contribution in [0.5, 0.6) is 0 Å². The van der Waals surface area contributed by atoms with Crippen molar-refractivity contribution in [3.05, 3.63) is 0 Å². The van der Waals surface area contributed by atoms with Crippen molar-refractivity contribution in [2.75, 3.05) is 32.7 Å². The first-order valence-corrected chi connectivity index (χ1v) is 7.72. The van der Waals surface area contributed by atoms with E-state index in [-0.39, 0.29) is 0 Å². The third kappa shape index (κ3) is 12.3. The van der Waals surface area contributed by atoms with Crippen LogP contribution in [0.1, 0.15) is 52.4 Å². The fourth-order valence-corrected chi connectivity index (χ4v) is 2.07. The summed E-state index contributed by atoms with van der Waals surface area (Å²) in [6.07, 6.45) is 8.02. The van der Waals surface area contributed by atoms with E-state index < -0.39 is 0 Å². The smallest absolute Gasteiger partial charge is 0.0583 e. The second kappa shape index (κ2) is 14.9. The van der Waals surface area contributed by atoms with Gasteiger partial charge in [-0.15, -0.1) is 0 Å². The largest absolute Gasteiger partial charge is 0.330 e. The lowest BCUT2D eigenvalue weighted by atomic mass is 10.1. The molecule has 4 heteroatoms. The maximum Gasteiger partial charge on any atom is 0.0583 e. The predicted octanol–water partition coefficient (Wildman–Crippen LogP) is 1.42. The SMILES string of the molecule is CCNC(CCNCCCCCCCN)NCC. The minimum Gasteiger partial charge on any atom is -0.330 e. The van der Waals surface area contributed by atoms with Gasteiger partial charge in [0, 0.05) is 0 Å². The first kappa shape index (κ1) is 17.8. The third-order valence-corrected chi connectivity index (χ3v) is 3.07. The van der Waals surface area contributed by atoms with Gasteiger partial charge in [-0.3, -0.25) is 0 Å². The zero-order chi connectivity index (χ0) is 13.5. The molecule has 0 saturated carbocycles. The van der Waals surface area contributed by atoms with Crippen LogP contribution in [0, 0.1) is 0 Å². The van der Waals surface area contributed by atoms with Crippen LogP contribution in [0.2, 0.25) is 0 Å². The van der Waals surface area contributed by atoms with Gasteiger partial charge >= 0.3 is 0 Å². The molecule has 0 saturated heterocycles. The average molecular weight is 258 g/mol. The maximum atomic E-state index is 5.46. The topological polar surface area (TPSA) is 62.1 Å². The molecule has 0 unspecified atom stereocenters. The molecule has 0 radical (unpaired) electrons. The Kier molecular flexibility index (Phi) is 14.8. The first-order chi connectivity index (χ1) is 8.85.